The number of nitrogens with two attached hydrogens (primary N) is 1. The minimum Gasteiger partial charge on any atom is -0.490 e. The number of carbonyl (C=O) groups excluding carboxylic acids is 1. The number of ether oxygens (including phenoxy) is 2. The van der Waals surface area contributed by atoms with Crippen molar-refractivity contribution in [2.45, 2.75) is 32.4 Å². The summed E-state index contributed by atoms with van der Waals surface area (Å²) >= 11 is 0. The van der Waals surface area contributed by atoms with E-state index in [1.54, 1.807) is 18.3 Å². The molecule has 1 amide bonds. The molecule has 0 spiro atoms. The van der Waals surface area contributed by atoms with E-state index in [9.17, 15) is 4.79 Å². The molecule has 6 heteroatoms. The van der Waals surface area contributed by atoms with Crippen molar-refractivity contribution in [3.63, 3.8) is 0 Å². The Labute approximate surface area is 135 Å². The van der Waals surface area contributed by atoms with Gasteiger partial charge in [0, 0.05) is 17.6 Å². The van der Waals surface area contributed by atoms with E-state index in [1.807, 2.05) is 19.9 Å². The number of carbonyl (C=O) groups is 1. The van der Waals surface area contributed by atoms with Crippen LogP contribution in [0.15, 0.2) is 24.4 Å². The summed E-state index contributed by atoms with van der Waals surface area (Å²) in [7, 11) is 0. The van der Waals surface area contributed by atoms with E-state index in [0.717, 1.165) is 23.7 Å². The molecule has 23 heavy (non-hydrogen) atoms. The van der Waals surface area contributed by atoms with Crippen molar-refractivity contribution in [2.24, 2.45) is 5.73 Å². The van der Waals surface area contributed by atoms with Crippen LogP contribution in [0.4, 0.5) is 0 Å². The SMILES string of the molecule is CC(C)Oc1cc2c(OC[C@@H]3CCN3)nccc2cc1C(N)=O. The van der Waals surface area contributed by atoms with Gasteiger partial charge in [-0.3, -0.25) is 4.79 Å². The fraction of sp³-hybridized carbons (Fsp3) is 0.412. The second kappa shape index (κ2) is 6.42. The summed E-state index contributed by atoms with van der Waals surface area (Å²) in [5.41, 5.74) is 5.83. The lowest BCUT2D eigenvalue weighted by Crippen LogP contribution is -2.46. The van der Waals surface area contributed by atoms with Crippen molar-refractivity contribution >= 4 is 16.7 Å². The molecule has 0 bridgehead atoms. The fourth-order valence-corrected chi connectivity index (χ4v) is 2.50. The van der Waals surface area contributed by atoms with Gasteiger partial charge in [-0.2, -0.15) is 0 Å². The Morgan fingerprint density at radius 2 is 2.26 bits per heavy atom. The van der Waals surface area contributed by atoms with Gasteiger partial charge in [0.05, 0.1) is 11.7 Å². The molecular weight excluding hydrogens is 294 g/mol. The topological polar surface area (TPSA) is 86.5 Å². The summed E-state index contributed by atoms with van der Waals surface area (Å²) in [4.78, 5) is 16.0. The molecule has 0 aliphatic carbocycles. The van der Waals surface area contributed by atoms with E-state index in [1.165, 1.54) is 0 Å². The lowest BCUT2D eigenvalue weighted by Gasteiger charge is -2.27. The number of nitrogens with zero attached hydrogens (tertiary/aromatic N) is 1. The van der Waals surface area contributed by atoms with Crippen LogP contribution in [0.2, 0.25) is 0 Å². The van der Waals surface area contributed by atoms with Crippen LogP contribution in [-0.2, 0) is 0 Å². The van der Waals surface area contributed by atoms with Crippen LogP contribution >= 0.6 is 0 Å². The monoisotopic (exact) mass is 315 g/mol. The van der Waals surface area contributed by atoms with E-state index in [-0.39, 0.29) is 6.10 Å². The largest absolute Gasteiger partial charge is 0.490 e. The second-order valence-corrected chi connectivity index (χ2v) is 5.97. The number of hydrogen-bond donors (Lipinski definition) is 2. The standard InChI is InChI=1S/C17H21N3O3/c1-10(2)23-15-8-13-11(7-14(15)16(18)21)3-5-20-17(13)22-9-12-4-6-19-12/h3,5,7-8,10,12,19H,4,6,9H2,1-2H3,(H2,18,21)/t12-/m0/s1. The highest BCUT2D eigenvalue weighted by Gasteiger charge is 2.19. The molecular formula is C17H21N3O3. The molecule has 1 saturated heterocycles. The molecule has 1 fully saturated rings. The van der Waals surface area contributed by atoms with Gasteiger partial charge in [-0.15, -0.1) is 0 Å². The van der Waals surface area contributed by atoms with Crippen molar-refractivity contribution in [1.82, 2.24) is 10.3 Å². The molecule has 3 rings (SSSR count). The smallest absolute Gasteiger partial charge is 0.252 e. The predicted molar refractivity (Wildman–Crippen MR) is 87.9 cm³/mol. The Hall–Kier alpha value is -2.34. The van der Waals surface area contributed by atoms with Crippen LogP contribution in [-0.4, -0.2) is 36.2 Å². The quantitative estimate of drug-likeness (QED) is 0.850. The summed E-state index contributed by atoms with van der Waals surface area (Å²) < 4.78 is 11.6. The first-order valence-electron chi connectivity index (χ1n) is 7.80. The van der Waals surface area contributed by atoms with Crippen LogP contribution in [0.5, 0.6) is 11.6 Å². The maximum absolute atomic E-state index is 11.7. The number of aromatic nitrogens is 1. The molecule has 0 radical (unpaired) electrons. The number of amides is 1. The maximum Gasteiger partial charge on any atom is 0.252 e. The van der Waals surface area contributed by atoms with Gasteiger partial charge in [0.2, 0.25) is 5.88 Å². The molecule has 0 unspecified atom stereocenters. The number of rotatable bonds is 6. The van der Waals surface area contributed by atoms with Gasteiger partial charge < -0.3 is 20.5 Å². The van der Waals surface area contributed by atoms with Crippen LogP contribution in [0.25, 0.3) is 10.8 Å². The third-order valence-electron chi connectivity index (χ3n) is 3.80. The molecule has 2 heterocycles. The third kappa shape index (κ3) is 3.37. The Morgan fingerprint density at radius 1 is 1.48 bits per heavy atom. The van der Waals surface area contributed by atoms with Gasteiger partial charge in [0.15, 0.2) is 0 Å². The second-order valence-electron chi connectivity index (χ2n) is 5.97. The fourth-order valence-electron chi connectivity index (χ4n) is 2.50. The van der Waals surface area contributed by atoms with E-state index in [0.29, 0.717) is 29.8 Å². The van der Waals surface area contributed by atoms with Gasteiger partial charge >= 0.3 is 0 Å². The van der Waals surface area contributed by atoms with Crippen molar-refractivity contribution in [2.75, 3.05) is 13.2 Å². The van der Waals surface area contributed by atoms with Gasteiger partial charge in [-0.25, -0.2) is 4.98 Å². The van der Waals surface area contributed by atoms with Crippen LogP contribution < -0.4 is 20.5 Å². The Kier molecular flexibility index (Phi) is 4.34. The summed E-state index contributed by atoms with van der Waals surface area (Å²) in [5.74, 6) is 0.487. The Balaban J connectivity index is 1.98. The number of hydrogen-bond acceptors (Lipinski definition) is 5. The first-order chi connectivity index (χ1) is 11.0. The highest BCUT2D eigenvalue weighted by molar-refractivity contribution is 6.01. The summed E-state index contributed by atoms with van der Waals surface area (Å²) in [6.45, 7) is 5.41. The van der Waals surface area contributed by atoms with E-state index in [4.69, 9.17) is 15.2 Å². The van der Waals surface area contributed by atoms with Crippen molar-refractivity contribution in [1.29, 1.82) is 0 Å². The van der Waals surface area contributed by atoms with Gasteiger partial charge in [-0.05, 0) is 50.4 Å². The van der Waals surface area contributed by atoms with Crippen LogP contribution in [0.3, 0.4) is 0 Å². The van der Waals surface area contributed by atoms with Crippen molar-refractivity contribution in [3.05, 3.63) is 30.0 Å². The zero-order valence-electron chi connectivity index (χ0n) is 13.3. The molecule has 3 N–H and O–H groups in total. The van der Waals surface area contributed by atoms with Crippen molar-refractivity contribution < 1.29 is 14.3 Å². The Bertz CT molecular complexity index is 726. The highest BCUT2D eigenvalue weighted by atomic mass is 16.5. The van der Waals surface area contributed by atoms with Gasteiger partial charge in [0.1, 0.15) is 12.4 Å². The average molecular weight is 315 g/mol. The zero-order valence-corrected chi connectivity index (χ0v) is 13.3. The molecule has 1 aromatic carbocycles. The van der Waals surface area contributed by atoms with E-state index >= 15 is 0 Å². The molecule has 1 aliphatic heterocycles. The van der Waals surface area contributed by atoms with Crippen LogP contribution in [0.1, 0.15) is 30.6 Å². The van der Waals surface area contributed by atoms with E-state index < -0.39 is 5.91 Å². The zero-order chi connectivity index (χ0) is 16.4. The third-order valence-corrected chi connectivity index (χ3v) is 3.80. The molecule has 0 saturated carbocycles. The predicted octanol–water partition coefficient (Wildman–Crippen LogP) is 1.86. The Morgan fingerprint density at radius 3 is 2.87 bits per heavy atom. The highest BCUT2D eigenvalue weighted by Crippen LogP contribution is 2.31. The summed E-state index contributed by atoms with van der Waals surface area (Å²) in [6.07, 6.45) is 2.71. The number of nitrogens with one attached hydrogen (secondary N) is 1. The first kappa shape index (κ1) is 15.6. The lowest BCUT2D eigenvalue weighted by atomic mass is 10.1. The number of pyridine rings is 1. The minimum absolute atomic E-state index is 0.0641. The van der Waals surface area contributed by atoms with Crippen molar-refractivity contribution in [3.8, 4) is 11.6 Å². The lowest BCUT2D eigenvalue weighted by molar-refractivity contribution is 0.0994. The number of benzene rings is 1. The molecule has 1 aromatic heterocycles. The normalized spacial score (nSPS) is 17.1. The average Bonchev–Trinajstić information content (AvgIpc) is 2.44. The molecule has 1 aliphatic rings. The number of primary amides is 1. The summed E-state index contributed by atoms with van der Waals surface area (Å²) in [6, 6.07) is 5.72. The maximum atomic E-state index is 11.7. The molecule has 2 aromatic rings. The molecule has 1 atom stereocenters. The van der Waals surface area contributed by atoms with E-state index in [2.05, 4.69) is 10.3 Å². The first-order valence-corrected chi connectivity index (χ1v) is 7.80. The van der Waals surface area contributed by atoms with Gasteiger partial charge in [-0.1, -0.05) is 0 Å². The van der Waals surface area contributed by atoms with Gasteiger partial charge in [0.25, 0.3) is 5.91 Å². The molecule has 122 valence electrons. The van der Waals surface area contributed by atoms with Crippen LogP contribution in [0, 0.1) is 0 Å². The minimum atomic E-state index is -0.513. The molecule has 6 nitrogen and oxygen atoms in total. The summed E-state index contributed by atoms with van der Waals surface area (Å²) in [5, 5.41) is 4.95. The number of fused-ring (bicyclic) bond motifs is 1.